The van der Waals surface area contributed by atoms with Crippen molar-refractivity contribution in [3.05, 3.63) is 22.7 Å². The van der Waals surface area contributed by atoms with E-state index in [2.05, 4.69) is 49.8 Å². The van der Waals surface area contributed by atoms with E-state index in [1.165, 1.54) is 6.07 Å². The fourth-order valence-electron chi connectivity index (χ4n) is 2.95. The van der Waals surface area contributed by atoms with Crippen molar-refractivity contribution in [2.24, 2.45) is 0 Å². The van der Waals surface area contributed by atoms with Crippen molar-refractivity contribution in [2.75, 3.05) is 49.8 Å². The molecule has 2 rings (SSSR count). The van der Waals surface area contributed by atoms with Crippen LogP contribution in [0.1, 0.15) is 95.2 Å². The Bertz CT molecular complexity index is 1170. The lowest BCUT2D eigenvalue weighted by Gasteiger charge is -2.44. The van der Waals surface area contributed by atoms with Crippen molar-refractivity contribution in [1.82, 2.24) is 9.55 Å². The number of hydrogen-bond acceptors (Lipinski definition) is 8. The number of hydrogen-bond donors (Lipinski definition) is 1. The smallest absolute Gasteiger partial charge is 0.412 e. The number of carbonyl (C=O) groups excluding carboxylic acids is 2. The van der Waals surface area contributed by atoms with Gasteiger partial charge in [-0.1, -0.05) is 55.4 Å². The maximum Gasteiger partial charge on any atom is 0.412 e. The lowest BCUT2D eigenvalue weighted by Crippen LogP contribution is -2.35. The van der Waals surface area contributed by atoms with E-state index in [0.29, 0.717) is 9.31 Å². The Morgan fingerprint density at radius 3 is 1.98 bits per heavy atom. The molecule has 0 saturated carbocycles. The number of alkyl halides is 2. The number of halogens is 2. The van der Waals surface area contributed by atoms with Crippen LogP contribution in [-0.4, -0.2) is 93.2 Å². The van der Waals surface area contributed by atoms with Gasteiger partial charge in [-0.25, -0.2) is 28.4 Å². The molecule has 0 spiro atoms. The van der Waals surface area contributed by atoms with E-state index >= 15 is 0 Å². The van der Waals surface area contributed by atoms with Crippen LogP contribution in [0.25, 0.3) is 0 Å². The standard InChI is InChI=1S/C23H37F2N3O7S.C7H18S.C2H6/c1-21(2,3)35-17(29)10-12-32-20(31)27-16-9-11-28(19(30)26-16)18-23(24,25)13-15(34-18)14-33-36(7,8)22(4,5)6;1-7(2,3)8(4,5)6;1-2/h9,11,15,18H,10,12-14H2,1-8H3,(H,26,27,30,31);1-6H3;1-2H3. The molecule has 0 bridgehead atoms. The molecule has 1 amide bonds. The molecular weight excluding hydrogens is 640 g/mol. The summed E-state index contributed by atoms with van der Waals surface area (Å²) in [6, 6.07) is 1.17. The zero-order valence-corrected chi connectivity index (χ0v) is 32.6. The van der Waals surface area contributed by atoms with E-state index in [1.807, 2.05) is 47.1 Å². The van der Waals surface area contributed by atoms with Crippen LogP contribution in [0.5, 0.6) is 0 Å². The molecule has 1 N–H and O–H groups in total. The number of carbonyl (C=O) groups is 2. The average molecular weight is 702 g/mol. The van der Waals surface area contributed by atoms with Gasteiger partial charge in [0, 0.05) is 17.4 Å². The molecular formula is C32H61F2N3O7S2. The minimum atomic E-state index is -3.32. The van der Waals surface area contributed by atoms with Crippen molar-refractivity contribution in [3.8, 4) is 0 Å². The lowest BCUT2D eigenvalue weighted by atomic mass is 10.2. The van der Waals surface area contributed by atoms with Crippen LogP contribution in [0.3, 0.4) is 0 Å². The van der Waals surface area contributed by atoms with Gasteiger partial charge >= 0.3 is 17.8 Å². The van der Waals surface area contributed by atoms with Crippen molar-refractivity contribution >= 4 is 38.2 Å². The van der Waals surface area contributed by atoms with E-state index < -0.39 is 58.3 Å². The van der Waals surface area contributed by atoms with Gasteiger partial charge in [-0.2, -0.15) is 4.98 Å². The van der Waals surface area contributed by atoms with Crippen LogP contribution in [-0.2, 0) is 23.2 Å². The van der Waals surface area contributed by atoms with E-state index in [4.69, 9.17) is 18.4 Å². The molecule has 1 aromatic heterocycles. The van der Waals surface area contributed by atoms with Gasteiger partial charge in [-0.15, -0.1) is 10.3 Å². The number of aromatic nitrogens is 2. The van der Waals surface area contributed by atoms with E-state index in [0.717, 1.165) is 6.20 Å². The predicted octanol–water partition coefficient (Wildman–Crippen LogP) is 7.75. The van der Waals surface area contributed by atoms with Gasteiger partial charge in [0.15, 0.2) is 0 Å². The van der Waals surface area contributed by atoms with Gasteiger partial charge in [0.1, 0.15) is 18.0 Å². The largest absolute Gasteiger partial charge is 0.460 e. The molecule has 1 aliphatic heterocycles. The summed E-state index contributed by atoms with van der Waals surface area (Å²) < 4.78 is 51.9. The van der Waals surface area contributed by atoms with Gasteiger partial charge < -0.3 is 18.4 Å². The van der Waals surface area contributed by atoms with Gasteiger partial charge in [0.25, 0.3) is 5.92 Å². The number of ether oxygens (including phenoxy) is 3. The average Bonchev–Trinajstić information content (AvgIpc) is 3.15. The zero-order chi connectivity index (χ0) is 36.5. The molecule has 1 aromatic rings. The van der Waals surface area contributed by atoms with Gasteiger partial charge in [-0.3, -0.25) is 14.7 Å². The Kier molecular flexibility index (Phi) is 16.3. The highest BCUT2D eigenvalue weighted by molar-refractivity contribution is 8.33. The van der Waals surface area contributed by atoms with Gasteiger partial charge in [-0.05, 0) is 62.9 Å². The van der Waals surface area contributed by atoms with Crippen molar-refractivity contribution in [3.63, 3.8) is 0 Å². The summed E-state index contributed by atoms with van der Waals surface area (Å²) in [6.07, 6.45) is 7.57. The van der Waals surface area contributed by atoms with E-state index in [-0.39, 0.29) is 40.2 Å². The fraction of sp³-hybridized carbons (Fsp3) is 0.812. The topological polar surface area (TPSA) is 118 Å². The minimum absolute atomic E-state index is 0.0252. The van der Waals surface area contributed by atoms with Crippen molar-refractivity contribution in [2.45, 2.75) is 122 Å². The first-order valence-electron chi connectivity index (χ1n) is 15.4. The van der Waals surface area contributed by atoms with Crippen molar-refractivity contribution < 1.29 is 36.8 Å². The molecule has 1 aliphatic rings. The Morgan fingerprint density at radius 1 is 1.02 bits per heavy atom. The second-order valence-electron chi connectivity index (χ2n) is 14.8. The summed E-state index contributed by atoms with van der Waals surface area (Å²) in [5.74, 6) is -4.06. The van der Waals surface area contributed by atoms with Crippen LogP contribution in [0, 0.1) is 0 Å². The molecule has 10 nitrogen and oxygen atoms in total. The Balaban J connectivity index is 0.00000176. The molecule has 14 heteroatoms. The molecule has 1 saturated heterocycles. The Morgan fingerprint density at radius 2 is 1.54 bits per heavy atom. The molecule has 0 aromatic carbocycles. The van der Waals surface area contributed by atoms with Crippen LogP contribution >= 0.6 is 20.3 Å². The molecule has 2 heterocycles. The first-order valence-corrected chi connectivity index (χ1v) is 20.6. The summed E-state index contributed by atoms with van der Waals surface area (Å²) in [6.45, 7) is 21.8. The number of esters is 1. The number of nitrogens with one attached hydrogen (secondary N) is 1. The third-order valence-electron chi connectivity index (χ3n) is 7.32. The molecule has 46 heavy (non-hydrogen) atoms. The first-order chi connectivity index (χ1) is 20.6. The molecule has 272 valence electrons. The summed E-state index contributed by atoms with van der Waals surface area (Å²) >= 11 is 0. The fourth-order valence-corrected chi connectivity index (χ4v) is 3.79. The number of nitrogens with zero attached hydrogens (tertiary/aromatic N) is 2. The van der Waals surface area contributed by atoms with E-state index in [9.17, 15) is 23.2 Å². The SMILES string of the molecule is CC.CC(C)(C)OC(=O)CCOC(=O)Nc1ccn(C2OC(COS(C)(C)C(C)(C)C)CC2(F)F)c(=O)n1.CC(C)(C)S(C)(C)C. The van der Waals surface area contributed by atoms with Crippen LogP contribution < -0.4 is 11.0 Å². The summed E-state index contributed by atoms with van der Waals surface area (Å²) in [5.41, 5.74) is -1.70. The second kappa shape index (κ2) is 17.0. The van der Waals surface area contributed by atoms with Crippen molar-refractivity contribution in [1.29, 1.82) is 0 Å². The molecule has 0 radical (unpaired) electrons. The van der Waals surface area contributed by atoms with Gasteiger partial charge in [0.2, 0.25) is 6.23 Å². The maximum absolute atomic E-state index is 14.7. The maximum atomic E-state index is 14.7. The summed E-state index contributed by atoms with van der Waals surface area (Å²) in [4.78, 5) is 39.6. The summed E-state index contributed by atoms with van der Waals surface area (Å²) in [5, 5.41) is 2.22. The Labute approximate surface area is 278 Å². The minimum Gasteiger partial charge on any atom is -0.460 e. The number of anilines is 1. The van der Waals surface area contributed by atoms with E-state index in [1.54, 1.807) is 20.8 Å². The highest BCUT2D eigenvalue weighted by Gasteiger charge is 2.52. The summed E-state index contributed by atoms with van der Waals surface area (Å²) in [7, 11) is -1.87. The lowest BCUT2D eigenvalue weighted by molar-refractivity contribution is -0.155. The van der Waals surface area contributed by atoms with Crippen LogP contribution in [0.2, 0.25) is 0 Å². The normalized spacial score (nSPS) is 19.1. The number of rotatable bonds is 8. The van der Waals surface area contributed by atoms with Gasteiger partial charge in [0.05, 0.1) is 19.1 Å². The zero-order valence-electron chi connectivity index (χ0n) is 31.0. The van der Waals surface area contributed by atoms with Crippen LogP contribution in [0.15, 0.2) is 17.1 Å². The predicted molar refractivity (Wildman–Crippen MR) is 189 cm³/mol. The Hall–Kier alpha value is -1.90. The highest BCUT2D eigenvalue weighted by Crippen LogP contribution is 2.54. The number of amides is 1. The van der Waals surface area contributed by atoms with Crippen LogP contribution in [0.4, 0.5) is 19.4 Å². The highest BCUT2D eigenvalue weighted by atomic mass is 32.3. The first kappa shape index (κ1) is 44.1. The third kappa shape index (κ3) is 14.9. The molecule has 2 atom stereocenters. The molecule has 2 unspecified atom stereocenters. The molecule has 0 aliphatic carbocycles. The monoisotopic (exact) mass is 701 g/mol. The molecule has 1 fully saturated rings. The quantitative estimate of drug-likeness (QED) is 0.274. The second-order valence-corrected chi connectivity index (χ2v) is 23.6. The third-order valence-corrected chi connectivity index (χ3v) is 14.7.